The van der Waals surface area contributed by atoms with Crippen LogP contribution in [0.2, 0.25) is 0 Å². The van der Waals surface area contributed by atoms with Crippen LogP contribution in [0.25, 0.3) is 11.0 Å². The number of carbonyl (C=O) groups is 2. The number of carbonyl (C=O) groups excluding carboxylic acids is 2. The predicted octanol–water partition coefficient (Wildman–Crippen LogP) is 3.22. The minimum Gasteiger partial charge on any atom is -0.451 e. The Bertz CT molecular complexity index is 955. The summed E-state index contributed by atoms with van der Waals surface area (Å²) in [5.74, 6) is -0.297. The van der Waals surface area contributed by atoms with E-state index in [1.165, 1.54) is 6.07 Å². The van der Waals surface area contributed by atoms with E-state index >= 15 is 0 Å². The molecule has 28 heavy (non-hydrogen) atoms. The Morgan fingerprint density at radius 3 is 2.50 bits per heavy atom. The molecule has 0 aliphatic heterocycles. The molecule has 3 rings (SSSR count). The van der Waals surface area contributed by atoms with E-state index < -0.39 is 23.1 Å². The van der Waals surface area contributed by atoms with Gasteiger partial charge in [0.2, 0.25) is 0 Å². The number of hydrogen-bond donors (Lipinski definition) is 2. The van der Waals surface area contributed by atoms with Crippen molar-refractivity contribution in [2.45, 2.75) is 51.7 Å². The normalized spacial score (nSPS) is 16.3. The Labute approximate surface area is 163 Å². The molecule has 0 saturated heterocycles. The maximum absolute atomic E-state index is 12.8. The van der Waals surface area contributed by atoms with E-state index in [2.05, 4.69) is 10.6 Å². The van der Waals surface area contributed by atoms with Crippen LogP contribution in [0.1, 0.15) is 51.1 Å². The van der Waals surface area contributed by atoms with Gasteiger partial charge in [0.15, 0.2) is 11.2 Å². The number of rotatable bonds is 5. The summed E-state index contributed by atoms with van der Waals surface area (Å²) in [5, 5.41) is 6.10. The number of amides is 2. The molecule has 0 radical (unpaired) electrons. The van der Waals surface area contributed by atoms with Crippen LogP contribution in [0.3, 0.4) is 0 Å². The van der Waals surface area contributed by atoms with Crippen molar-refractivity contribution in [3.05, 3.63) is 46.3 Å². The second-order valence-electron chi connectivity index (χ2n) is 8.47. The molecule has 1 heterocycles. The number of hydrogen-bond acceptors (Lipinski definition) is 5. The Morgan fingerprint density at radius 1 is 1.18 bits per heavy atom. The zero-order chi connectivity index (χ0) is 20.5. The van der Waals surface area contributed by atoms with E-state index in [1.807, 2.05) is 6.92 Å². The van der Waals surface area contributed by atoms with Crippen molar-refractivity contribution < 1.29 is 18.7 Å². The molecule has 1 aliphatic rings. The molecule has 1 unspecified atom stereocenters. The summed E-state index contributed by atoms with van der Waals surface area (Å²) in [6, 6.07) is 7.99. The number of nitrogens with one attached hydrogen (secondary N) is 2. The van der Waals surface area contributed by atoms with Gasteiger partial charge in [-0.05, 0) is 58.6 Å². The molecule has 2 N–H and O–H groups in total. The molecule has 7 nitrogen and oxygen atoms in total. The fraction of sp³-hybridized carbons (Fsp3) is 0.476. The lowest BCUT2D eigenvalue weighted by Gasteiger charge is -2.31. The molecule has 150 valence electrons. The molecular formula is C21H26N2O5. The van der Waals surface area contributed by atoms with Gasteiger partial charge in [0.25, 0.3) is 5.91 Å². The van der Waals surface area contributed by atoms with Crippen molar-refractivity contribution in [3.8, 4) is 0 Å². The van der Waals surface area contributed by atoms with Crippen LogP contribution in [0.15, 0.2) is 39.5 Å². The van der Waals surface area contributed by atoms with Gasteiger partial charge in [-0.25, -0.2) is 4.79 Å². The minimum atomic E-state index is -0.668. The maximum Gasteiger partial charge on any atom is 0.407 e. The van der Waals surface area contributed by atoms with Crippen LogP contribution in [0, 0.1) is 5.92 Å². The summed E-state index contributed by atoms with van der Waals surface area (Å²) in [6.07, 6.45) is 1.37. The molecule has 1 aliphatic carbocycles. The molecular weight excluding hydrogens is 360 g/mol. The second-order valence-corrected chi connectivity index (χ2v) is 8.47. The maximum atomic E-state index is 12.8. The van der Waals surface area contributed by atoms with Crippen LogP contribution >= 0.6 is 0 Å². The molecule has 1 aromatic heterocycles. The summed E-state index contributed by atoms with van der Waals surface area (Å²) < 4.78 is 10.9. The van der Waals surface area contributed by atoms with E-state index in [0.29, 0.717) is 11.0 Å². The monoisotopic (exact) mass is 386 g/mol. The molecule has 1 aromatic carbocycles. The molecule has 0 spiro atoms. The highest BCUT2D eigenvalue weighted by molar-refractivity contribution is 5.93. The highest BCUT2D eigenvalue weighted by atomic mass is 16.6. The topological polar surface area (TPSA) is 97.6 Å². The van der Waals surface area contributed by atoms with Gasteiger partial charge in [-0.3, -0.25) is 9.59 Å². The second kappa shape index (κ2) is 7.30. The van der Waals surface area contributed by atoms with Gasteiger partial charge in [0.05, 0.1) is 10.9 Å². The van der Waals surface area contributed by atoms with Gasteiger partial charge >= 0.3 is 6.09 Å². The van der Waals surface area contributed by atoms with Crippen LogP contribution in [0.4, 0.5) is 4.79 Å². The molecule has 1 saturated carbocycles. The summed E-state index contributed by atoms with van der Waals surface area (Å²) in [5.41, 5.74) is -1.18. The highest BCUT2D eigenvalue weighted by Gasteiger charge is 2.43. The van der Waals surface area contributed by atoms with Gasteiger partial charge in [-0.1, -0.05) is 12.1 Å². The number of ether oxygens (including phenoxy) is 1. The Morgan fingerprint density at radius 2 is 1.86 bits per heavy atom. The number of fused-ring (bicyclic) bond motifs is 1. The van der Waals surface area contributed by atoms with E-state index in [1.54, 1.807) is 45.0 Å². The quantitative estimate of drug-likeness (QED) is 0.822. The summed E-state index contributed by atoms with van der Waals surface area (Å²) >= 11 is 0. The lowest BCUT2D eigenvalue weighted by molar-refractivity contribution is 0.0502. The van der Waals surface area contributed by atoms with Crippen LogP contribution in [0.5, 0.6) is 0 Å². The predicted molar refractivity (Wildman–Crippen MR) is 105 cm³/mol. The summed E-state index contributed by atoms with van der Waals surface area (Å²) in [6.45, 7) is 7.46. The number of alkyl carbamates (subject to hydrolysis) is 1. The van der Waals surface area contributed by atoms with Crippen molar-refractivity contribution in [3.63, 3.8) is 0 Å². The molecule has 0 bridgehead atoms. The number of benzene rings is 1. The van der Waals surface area contributed by atoms with E-state index in [0.717, 1.165) is 12.8 Å². The van der Waals surface area contributed by atoms with Crippen molar-refractivity contribution in [1.82, 2.24) is 10.6 Å². The third-order valence-corrected chi connectivity index (χ3v) is 4.73. The largest absolute Gasteiger partial charge is 0.451 e. The molecule has 7 heteroatoms. The smallest absolute Gasteiger partial charge is 0.407 e. The van der Waals surface area contributed by atoms with Crippen LogP contribution < -0.4 is 16.1 Å². The Kier molecular flexibility index (Phi) is 5.19. The summed E-state index contributed by atoms with van der Waals surface area (Å²) in [4.78, 5) is 37.0. The fourth-order valence-corrected chi connectivity index (χ4v) is 3.12. The molecule has 2 amide bonds. The minimum absolute atomic E-state index is 0.0483. The van der Waals surface area contributed by atoms with E-state index in [-0.39, 0.29) is 23.7 Å². The Balaban J connectivity index is 1.74. The van der Waals surface area contributed by atoms with E-state index in [9.17, 15) is 14.4 Å². The molecule has 1 atom stereocenters. The third kappa shape index (κ3) is 4.71. The van der Waals surface area contributed by atoms with Crippen LogP contribution in [-0.4, -0.2) is 29.7 Å². The van der Waals surface area contributed by atoms with Crippen molar-refractivity contribution >= 4 is 23.0 Å². The lowest BCUT2D eigenvalue weighted by atomic mass is 9.95. The first-order valence-electron chi connectivity index (χ1n) is 9.40. The number of para-hydroxylation sites is 1. The zero-order valence-electron chi connectivity index (χ0n) is 16.6. The van der Waals surface area contributed by atoms with Crippen molar-refractivity contribution in [2.75, 3.05) is 6.54 Å². The molecule has 2 aromatic rings. The SMILES string of the molecule is CC(C)(C)OC(=O)NCC(C)(NC(=O)c1cc(=O)c2ccccc2o1)C1CC1. The van der Waals surface area contributed by atoms with Crippen molar-refractivity contribution in [1.29, 1.82) is 0 Å². The first-order valence-corrected chi connectivity index (χ1v) is 9.40. The standard InChI is InChI=1S/C21H26N2O5/c1-20(2,3)28-19(26)22-12-21(4,13-9-10-13)23-18(25)17-11-15(24)14-7-5-6-8-16(14)27-17/h5-8,11,13H,9-10,12H2,1-4H3,(H,22,26)(H,23,25). The van der Waals surface area contributed by atoms with Crippen LogP contribution in [-0.2, 0) is 4.74 Å². The van der Waals surface area contributed by atoms with Gasteiger partial charge in [0.1, 0.15) is 11.2 Å². The van der Waals surface area contributed by atoms with Gasteiger partial charge < -0.3 is 19.8 Å². The van der Waals surface area contributed by atoms with Gasteiger partial charge in [-0.2, -0.15) is 0 Å². The first-order chi connectivity index (χ1) is 13.1. The van der Waals surface area contributed by atoms with Crippen molar-refractivity contribution in [2.24, 2.45) is 5.92 Å². The lowest BCUT2D eigenvalue weighted by Crippen LogP contribution is -2.55. The van der Waals surface area contributed by atoms with Gasteiger partial charge in [0, 0.05) is 12.6 Å². The van der Waals surface area contributed by atoms with E-state index in [4.69, 9.17) is 9.15 Å². The van der Waals surface area contributed by atoms with Gasteiger partial charge in [-0.15, -0.1) is 0 Å². The summed E-state index contributed by atoms with van der Waals surface area (Å²) in [7, 11) is 0. The fourth-order valence-electron chi connectivity index (χ4n) is 3.12. The third-order valence-electron chi connectivity index (χ3n) is 4.73. The highest BCUT2D eigenvalue weighted by Crippen LogP contribution is 2.39. The average Bonchev–Trinajstić information content (AvgIpc) is 3.44. The Hall–Kier alpha value is -2.83. The average molecular weight is 386 g/mol. The first kappa shape index (κ1) is 19.9. The zero-order valence-corrected chi connectivity index (χ0v) is 16.6. The molecule has 1 fully saturated rings.